The van der Waals surface area contributed by atoms with Crippen LogP contribution in [0.4, 0.5) is 0 Å². The molecule has 1 aliphatic rings. The average molecular weight is 378 g/mol. The van der Waals surface area contributed by atoms with Crippen LogP contribution in [0.2, 0.25) is 0 Å². The van der Waals surface area contributed by atoms with Crippen LogP contribution < -0.4 is 15.4 Å². The van der Waals surface area contributed by atoms with Crippen molar-refractivity contribution in [3.8, 4) is 5.75 Å². The number of hydrogen-bond donors (Lipinski definition) is 2. The molecule has 1 heterocycles. The Bertz CT molecular complexity index is 542. The molecule has 2 N–H and O–H groups in total. The number of nitrogens with one attached hydrogen (secondary N) is 2. The second kappa shape index (κ2) is 12.6. The number of aryl methyl sites for hydroxylation is 1. The maximum Gasteiger partial charge on any atom is 0.191 e. The molecule has 0 amide bonds. The molecule has 0 aliphatic carbocycles. The number of nitrogens with zero attached hydrogens (tertiary/aromatic N) is 1. The first kappa shape index (κ1) is 21.5. The van der Waals surface area contributed by atoms with Gasteiger partial charge < -0.3 is 24.8 Å². The largest absolute Gasteiger partial charge is 0.489 e. The van der Waals surface area contributed by atoms with Crippen molar-refractivity contribution in [2.75, 3.05) is 46.1 Å². The van der Waals surface area contributed by atoms with Gasteiger partial charge in [-0.05, 0) is 45.7 Å². The summed E-state index contributed by atoms with van der Waals surface area (Å²) >= 11 is 0. The lowest BCUT2D eigenvalue weighted by Gasteiger charge is -2.15. The minimum Gasteiger partial charge on any atom is -0.489 e. The zero-order valence-corrected chi connectivity index (χ0v) is 17.0. The van der Waals surface area contributed by atoms with Crippen molar-refractivity contribution in [3.63, 3.8) is 0 Å². The van der Waals surface area contributed by atoms with E-state index in [4.69, 9.17) is 14.2 Å². The molecule has 0 radical (unpaired) electrons. The van der Waals surface area contributed by atoms with Crippen molar-refractivity contribution >= 4 is 5.96 Å². The van der Waals surface area contributed by atoms with E-state index in [-0.39, 0.29) is 6.10 Å². The van der Waals surface area contributed by atoms with Crippen LogP contribution in [0, 0.1) is 12.8 Å². The summed E-state index contributed by atoms with van der Waals surface area (Å²) in [6, 6.07) is 8.10. The molecule has 6 heteroatoms. The van der Waals surface area contributed by atoms with Gasteiger partial charge in [-0.15, -0.1) is 0 Å². The van der Waals surface area contributed by atoms with Crippen molar-refractivity contribution < 1.29 is 14.2 Å². The van der Waals surface area contributed by atoms with Crippen LogP contribution in [-0.2, 0) is 9.47 Å². The normalized spacial score (nSPS) is 18.3. The van der Waals surface area contributed by atoms with E-state index in [1.807, 2.05) is 19.1 Å². The summed E-state index contributed by atoms with van der Waals surface area (Å²) in [5.74, 6) is 2.28. The predicted octanol–water partition coefficient (Wildman–Crippen LogP) is 2.76. The van der Waals surface area contributed by atoms with Crippen LogP contribution in [0.1, 0.15) is 32.3 Å². The smallest absolute Gasteiger partial charge is 0.191 e. The molecule has 1 aromatic carbocycles. The summed E-state index contributed by atoms with van der Waals surface area (Å²) in [7, 11) is 0. The molecule has 2 unspecified atom stereocenters. The first-order chi connectivity index (χ1) is 13.2. The summed E-state index contributed by atoms with van der Waals surface area (Å²) in [5, 5.41) is 6.63. The van der Waals surface area contributed by atoms with E-state index in [9.17, 15) is 0 Å². The summed E-state index contributed by atoms with van der Waals surface area (Å²) < 4.78 is 17.0. The standard InChI is InChI=1S/C21H35N3O3/c1-4-22-21(23-11-5-12-25-15-19-10-13-26-16-19)24-14-18(3)27-20-8-6-17(2)7-9-20/h6-9,18-19H,4-5,10-16H2,1-3H3,(H2,22,23,24). The van der Waals surface area contributed by atoms with Crippen LogP contribution in [0.25, 0.3) is 0 Å². The second-order valence-electron chi connectivity index (χ2n) is 7.05. The quantitative estimate of drug-likeness (QED) is 0.353. The third-order valence-corrected chi connectivity index (χ3v) is 4.34. The molecule has 0 bridgehead atoms. The Morgan fingerprint density at radius 1 is 1.30 bits per heavy atom. The van der Waals surface area contributed by atoms with Gasteiger partial charge in [0.1, 0.15) is 11.9 Å². The third-order valence-electron chi connectivity index (χ3n) is 4.34. The highest BCUT2D eigenvalue weighted by Crippen LogP contribution is 2.13. The third kappa shape index (κ3) is 9.11. The van der Waals surface area contributed by atoms with Gasteiger partial charge in [0.05, 0.1) is 19.8 Å². The van der Waals surface area contributed by atoms with E-state index in [1.54, 1.807) is 0 Å². The first-order valence-corrected chi connectivity index (χ1v) is 10.1. The van der Waals surface area contributed by atoms with Gasteiger partial charge in [-0.3, -0.25) is 0 Å². The van der Waals surface area contributed by atoms with E-state index >= 15 is 0 Å². The molecule has 6 nitrogen and oxygen atoms in total. The lowest BCUT2D eigenvalue weighted by Crippen LogP contribution is -2.38. The SMILES string of the molecule is CCNC(=NCC(C)Oc1ccc(C)cc1)NCCCOCC1CCOC1. The van der Waals surface area contributed by atoms with Gasteiger partial charge in [-0.2, -0.15) is 0 Å². The molecule has 0 aromatic heterocycles. The fourth-order valence-corrected chi connectivity index (χ4v) is 2.79. The molecular formula is C21H35N3O3. The average Bonchev–Trinajstić information content (AvgIpc) is 3.18. The van der Waals surface area contributed by atoms with Crippen LogP contribution >= 0.6 is 0 Å². The first-order valence-electron chi connectivity index (χ1n) is 10.1. The Kier molecular flexibility index (Phi) is 10.0. The Morgan fingerprint density at radius 2 is 2.11 bits per heavy atom. The van der Waals surface area contributed by atoms with Crippen molar-refractivity contribution in [2.24, 2.45) is 10.9 Å². The maximum absolute atomic E-state index is 5.91. The summed E-state index contributed by atoms with van der Waals surface area (Å²) in [6.45, 7) is 11.7. The highest BCUT2D eigenvalue weighted by molar-refractivity contribution is 5.79. The molecule has 0 spiro atoms. The van der Waals surface area contributed by atoms with Gasteiger partial charge in [0.25, 0.3) is 0 Å². The second-order valence-corrected chi connectivity index (χ2v) is 7.05. The molecule has 1 aliphatic heterocycles. The lowest BCUT2D eigenvalue weighted by molar-refractivity contribution is 0.0888. The van der Waals surface area contributed by atoms with E-state index < -0.39 is 0 Å². The molecule has 1 saturated heterocycles. The van der Waals surface area contributed by atoms with Crippen LogP contribution in [-0.4, -0.2) is 58.1 Å². The molecular weight excluding hydrogens is 342 g/mol. The number of guanidine groups is 1. The van der Waals surface area contributed by atoms with E-state index in [1.165, 1.54) is 5.56 Å². The number of hydrogen-bond acceptors (Lipinski definition) is 4. The Labute approximate surface area is 163 Å². The topological polar surface area (TPSA) is 64.1 Å². The zero-order chi connectivity index (χ0) is 19.3. The fraction of sp³-hybridized carbons (Fsp3) is 0.667. The Morgan fingerprint density at radius 3 is 2.81 bits per heavy atom. The van der Waals surface area contributed by atoms with E-state index in [2.05, 4.69) is 41.6 Å². The van der Waals surface area contributed by atoms with Crippen LogP contribution in [0.5, 0.6) is 5.75 Å². The van der Waals surface area contributed by atoms with Crippen LogP contribution in [0.3, 0.4) is 0 Å². The molecule has 152 valence electrons. The molecule has 2 rings (SSSR count). The van der Waals surface area contributed by atoms with E-state index in [0.29, 0.717) is 12.5 Å². The van der Waals surface area contributed by atoms with E-state index in [0.717, 1.165) is 64.1 Å². The predicted molar refractivity (Wildman–Crippen MR) is 110 cm³/mol. The maximum atomic E-state index is 5.91. The minimum absolute atomic E-state index is 0.0140. The van der Waals surface area contributed by atoms with Gasteiger partial charge >= 0.3 is 0 Å². The van der Waals surface area contributed by atoms with Gasteiger partial charge in [-0.1, -0.05) is 17.7 Å². The molecule has 0 saturated carbocycles. The van der Waals surface area contributed by atoms with Crippen molar-refractivity contribution in [1.82, 2.24) is 10.6 Å². The summed E-state index contributed by atoms with van der Waals surface area (Å²) in [5.41, 5.74) is 1.23. The number of aliphatic imine (C=N–C) groups is 1. The molecule has 27 heavy (non-hydrogen) atoms. The van der Waals surface area contributed by atoms with Crippen molar-refractivity contribution in [3.05, 3.63) is 29.8 Å². The lowest BCUT2D eigenvalue weighted by atomic mass is 10.1. The van der Waals surface area contributed by atoms with Gasteiger partial charge in [0.15, 0.2) is 5.96 Å². The number of benzene rings is 1. The number of ether oxygens (including phenoxy) is 3. The van der Waals surface area contributed by atoms with Gasteiger partial charge in [-0.25, -0.2) is 4.99 Å². The minimum atomic E-state index is 0.0140. The summed E-state index contributed by atoms with van der Waals surface area (Å²) in [6.07, 6.45) is 2.09. The Hall–Kier alpha value is -1.79. The van der Waals surface area contributed by atoms with Gasteiger partial charge in [0.2, 0.25) is 0 Å². The highest BCUT2D eigenvalue weighted by Gasteiger charge is 2.15. The monoisotopic (exact) mass is 377 g/mol. The molecule has 2 atom stereocenters. The van der Waals surface area contributed by atoms with Crippen LogP contribution in [0.15, 0.2) is 29.3 Å². The number of rotatable bonds is 11. The summed E-state index contributed by atoms with van der Waals surface area (Å²) in [4.78, 5) is 4.62. The fourth-order valence-electron chi connectivity index (χ4n) is 2.79. The molecule has 1 aromatic rings. The van der Waals surface area contributed by atoms with Gasteiger partial charge in [0, 0.05) is 32.2 Å². The van der Waals surface area contributed by atoms with Crippen molar-refractivity contribution in [2.45, 2.75) is 39.7 Å². The zero-order valence-electron chi connectivity index (χ0n) is 17.0. The van der Waals surface area contributed by atoms with Crippen molar-refractivity contribution in [1.29, 1.82) is 0 Å². The molecule has 1 fully saturated rings. The Balaban J connectivity index is 1.62. The highest BCUT2D eigenvalue weighted by atomic mass is 16.5.